The van der Waals surface area contributed by atoms with E-state index in [1.165, 1.54) is 0 Å². The monoisotopic (exact) mass is 582 g/mol. The molecule has 3 unspecified atom stereocenters. The first-order valence-corrected chi connectivity index (χ1v) is 17.2. The largest absolute Gasteiger partial charge is 0.497 e. The van der Waals surface area contributed by atoms with Crippen molar-refractivity contribution in [2.45, 2.75) is 70.1 Å². The summed E-state index contributed by atoms with van der Waals surface area (Å²) in [6.45, 7) is 12.7. The number of carbonyl (C=O) groups excluding carboxylic acids is 2. The number of fused-ring (bicyclic) bond motifs is 5. The summed E-state index contributed by atoms with van der Waals surface area (Å²) in [5.74, 6) is -0.721. The van der Waals surface area contributed by atoms with Crippen molar-refractivity contribution in [3.63, 3.8) is 0 Å². The van der Waals surface area contributed by atoms with Crippen molar-refractivity contribution in [1.29, 1.82) is 0 Å². The van der Waals surface area contributed by atoms with Gasteiger partial charge in [0.05, 0.1) is 26.1 Å². The fourth-order valence-corrected chi connectivity index (χ4v) is 7.52. The van der Waals surface area contributed by atoms with Crippen LogP contribution in [0.5, 0.6) is 11.5 Å². The Balaban J connectivity index is 1.62. The molecule has 2 aromatic carbocycles. The fourth-order valence-electron chi connectivity index (χ4n) is 6.12. The van der Waals surface area contributed by atoms with Crippen molar-refractivity contribution in [2.75, 3.05) is 20.8 Å². The van der Waals surface area contributed by atoms with Gasteiger partial charge >= 0.3 is 0 Å². The summed E-state index contributed by atoms with van der Waals surface area (Å²) >= 11 is 6.75. The van der Waals surface area contributed by atoms with Crippen LogP contribution in [0.2, 0.25) is 23.2 Å². The molecular weight excluding hydrogens is 544 g/mol. The molecule has 40 heavy (non-hydrogen) atoms. The maximum atomic E-state index is 13.4. The molecule has 1 aromatic heterocycles. The normalized spacial score (nSPS) is 20.9. The number of hydrogen-bond donors (Lipinski definition) is 1. The molecule has 2 heterocycles. The Morgan fingerprint density at radius 2 is 1.80 bits per heavy atom. The summed E-state index contributed by atoms with van der Waals surface area (Å²) in [6, 6.07) is 11.5. The van der Waals surface area contributed by atoms with Crippen molar-refractivity contribution < 1.29 is 23.5 Å². The zero-order valence-corrected chi connectivity index (χ0v) is 26.1. The predicted molar refractivity (Wildman–Crippen MR) is 160 cm³/mol. The van der Waals surface area contributed by atoms with Crippen LogP contribution in [0.1, 0.15) is 55.8 Å². The van der Waals surface area contributed by atoms with Gasteiger partial charge in [-0.25, -0.2) is 0 Å². The predicted octanol–water partition coefficient (Wildman–Crippen LogP) is 6.42. The Bertz CT molecular complexity index is 1470. The van der Waals surface area contributed by atoms with Crippen LogP contribution in [0.3, 0.4) is 0 Å². The van der Waals surface area contributed by atoms with E-state index in [9.17, 15) is 9.59 Å². The van der Waals surface area contributed by atoms with E-state index in [2.05, 4.69) is 49.8 Å². The lowest BCUT2D eigenvalue weighted by Crippen LogP contribution is -2.41. The third-order valence-corrected chi connectivity index (χ3v) is 14.0. The molecule has 0 bridgehead atoms. The van der Waals surface area contributed by atoms with Gasteiger partial charge in [-0.1, -0.05) is 38.4 Å². The van der Waals surface area contributed by atoms with Gasteiger partial charge in [0.1, 0.15) is 11.5 Å². The molecule has 1 N–H and O–H groups in total. The number of nitrogens with one attached hydrogen (secondary N) is 1. The first-order chi connectivity index (χ1) is 18.9. The zero-order valence-electron chi connectivity index (χ0n) is 24.4. The molecule has 5 rings (SSSR count). The van der Waals surface area contributed by atoms with E-state index in [1.54, 1.807) is 14.2 Å². The van der Waals surface area contributed by atoms with Crippen LogP contribution in [0.15, 0.2) is 36.4 Å². The number of ether oxygens (including phenoxy) is 2. The van der Waals surface area contributed by atoms with Gasteiger partial charge in [0.2, 0.25) is 11.8 Å². The Hall–Kier alpha value is -2.81. The van der Waals surface area contributed by atoms with Crippen molar-refractivity contribution in [2.24, 2.45) is 5.92 Å². The summed E-state index contributed by atoms with van der Waals surface area (Å²) in [5.41, 5.74) is 3.76. The Morgan fingerprint density at radius 1 is 1.05 bits per heavy atom. The average Bonchev–Trinajstić information content (AvgIpc) is 3.37. The van der Waals surface area contributed by atoms with E-state index >= 15 is 0 Å². The van der Waals surface area contributed by atoms with Gasteiger partial charge in [-0.3, -0.25) is 14.9 Å². The molecule has 3 atom stereocenters. The summed E-state index contributed by atoms with van der Waals surface area (Å²) in [5, 5.41) is 4.25. The highest BCUT2D eigenvalue weighted by molar-refractivity contribution is 6.74. The van der Waals surface area contributed by atoms with Gasteiger partial charge < -0.3 is 18.5 Å². The van der Waals surface area contributed by atoms with E-state index in [-0.39, 0.29) is 22.8 Å². The van der Waals surface area contributed by atoms with Gasteiger partial charge in [-0.2, -0.15) is 0 Å². The van der Waals surface area contributed by atoms with E-state index < -0.39 is 20.2 Å². The smallest absolute Gasteiger partial charge is 0.235 e. The molecule has 9 heteroatoms. The number of nitrogens with zero attached hydrogens (tertiary/aromatic N) is 1. The number of rotatable bonds is 8. The maximum Gasteiger partial charge on any atom is 0.235 e. The van der Waals surface area contributed by atoms with Crippen LogP contribution in [0.4, 0.5) is 0 Å². The second-order valence-electron chi connectivity index (χ2n) is 12.4. The molecule has 3 aromatic rings. The number of benzene rings is 2. The first kappa shape index (κ1) is 28.7. The Labute approximate surface area is 242 Å². The van der Waals surface area contributed by atoms with Gasteiger partial charge in [-0.15, -0.1) is 0 Å². The number of halogens is 1. The molecule has 2 amide bonds. The second-order valence-corrected chi connectivity index (χ2v) is 17.6. The SMILES string of the molecule is COc1ccc2c(c1)c1c(n2CCCO[Si](C)(C)C(C)(C)C)CC(c2c(Cl)cccc2OC)C2C(=O)NC(=O)C12. The van der Waals surface area contributed by atoms with Crippen molar-refractivity contribution >= 4 is 42.6 Å². The first-order valence-electron chi connectivity index (χ1n) is 13.9. The fraction of sp³-hybridized carbons (Fsp3) is 0.484. The van der Waals surface area contributed by atoms with E-state index in [0.717, 1.165) is 40.7 Å². The zero-order chi connectivity index (χ0) is 29.0. The number of amides is 2. The van der Waals surface area contributed by atoms with E-state index in [0.29, 0.717) is 29.5 Å². The molecule has 1 fully saturated rings. The minimum atomic E-state index is -1.87. The molecule has 1 aliphatic carbocycles. The number of methoxy groups -OCH3 is 2. The minimum absolute atomic E-state index is 0.140. The third kappa shape index (κ3) is 4.74. The number of hydrogen-bond acceptors (Lipinski definition) is 5. The summed E-state index contributed by atoms with van der Waals surface area (Å²) in [4.78, 5) is 26.7. The quantitative estimate of drug-likeness (QED) is 0.188. The van der Waals surface area contributed by atoms with Gasteiger partial charge in [0.15, 0.2) is 8.32 Å². The van der Waals surface area contributed by atoms with Crippen LogP contribution in [0.25, 0.3) is 10.9 Å². The van der Waals surface area contributed by atoms with Crippen LogP contribution in [-0.2, 0) is 27.0 Å². The van der Waals surface area contributed by atoms with Crippen LogP contribution in [0, 0.1) is 5.92 Å². The molecule has 0 spiro atoms. The van der Waals surface area contributed by atoms with Crippen LogP contribution >= 0.6 is 11.6 Å². The highest BCUT2D eigenvalue weighted by atomic mass is 35.5. The molecule has 1 saturated heterocycles. The lowest BCUT2D eigenvalue weighted by molar-refractivity contribution is -0.126. The molecule has 0 radical (unpaired) electrons. The lowest BCUT2D eigenvalue weighted by atomic mass is 9.69. The molecular formula is C31H39ClN2O5Si. The molecule has 7 nitrogen and oxygen atoms in total. The van der Waals surface area contributed by atoms with E-state index in [4.69, 9.17) is 25.5 Å². The number of aryl methyl sites for hydroxylation is 1. The van der Waals surface area contributed by atoms with Crippen molar-refractivity contribution in [3.05, 3.63) is 58.2 Å². The topological polar surface area (TPSA) is 78.8 Å². The number of imide groups is 1. The summed E-state index contributed by atoms with van der Waals surface area (Å²) in [6.07, 6.45) is 1.38. The average molecular weight is 583 g/mol. The van der Waals surface area contributed by atoms with Crippen molar-refractivity contribution in [3.8, 4) is 11.5 Å². The lowest BCUT2D eigenvalue weighted by Gasteiger charge is -2.36. The van der Waals surface area contributed by atoms with Crippen LogP contribution in [-0.4, -0.2) is 45.5 Å². The third-order valence-electron chi connectivity index (χ3n) is 9.17. The standard InChI is InChI=1S/C31H39ClN2O5Si/c1-31(2,3)40(6,7)39-15-9-14-34-22-13-12-18(37-4)16-19(22)26-23(34)17-20(27-28(26)30(36)33-29(27)35)25-21(32)10-8-11-24(25)38-5/h8,10-13,16,20,27-28H,9,14-15,17H2,1-7H3,(H,33,35,36). The van der Waals surface area contributed by atoms with Crippen LogP contribution < -0.4 is 14.8 Å². The molecule has 1 aliphatic heterocycles. The summed E-state index contributed by atoms with van der Waals surface area (Å²) in [7, 11) is 1.37. The highest BCUT2D eigenvalue weighted by Gasteiger charge is 2.53. The Morgan fingerprint density at radius 3 is 2.48 bits per heavy atom. The number of aromatic nitrogens is 1. The highest BCUT2D eigenvalue weighted by Crippen LogP contribution is 2.53. The number of carbonyl (C=O) groups is 2. The maximum absolute atomic E-state index is 13.4. The molecule has 2 aliphatic rings. The van der Waals surface area contributed by atoms with Crippen molar-refractivity contribution in [1.82, 2.24) is 9.88 Å². The second kappa shape index (κ2) is 10.5. The molecule has 0 saturated carbocycles. The van der Waals surface area contributed by atoms with Gasteiger partial charge in [0, 0.05) is 46.3 Å². The molecule has 214 valence electrons. The minimum Gasteiger partial charge on any atom is -0.497 e. The summed E-state index contributed by atoms with van der Waals surface area (Å²) < 4.78 is 20.1. The Kier molecular flexibility index (Phi) is 7.57. The van der Waals surface area contributed by atoms with E-state index in [1.807, 2.05) is 30.3 Å². The van der Waals surface area contributed by atoms with Gasteiger partial charge in [-0.05, 0) is 66.9 Å². The van der Waals surface area contributed by atoms with Gasteiger partial charge in [0.25, 0.3) is 0 Å².